The fraction of sp³-hybridized carbons (Fsp3) is 0.455. The molecule has 1 aromatic carbocycles. The summed E-state index contributed by atoms with van der Waals surface area (Å²) >= 11 is 0. The van der Waals surface area contributed by atoms with Crippen molar-refractivity contribution in [1.29, 1.82) is 0 Å². The summed E-state index contributed by atoms with van der Waals surface area (Å²) in [7, 11) is 0. The molecule has 0 aliphatic rings. The molecule has 1 heterocycles. The summed E-state index contributed by atoms with van der Waals surface area (Å²) < 4.78 is 9.75. The number of rotatable bonds is 2. The molecule has 0 radical (unpaired) electrons. The minimum Gasteiger partial charge on any atom is -0.286 e. The van der Waals surface area contributed by atoms with Crippen LogP contribution in [0.4, 0.5) is 0 Å². The van der Waals surface area contributed by atoms with Crippen molar-refractivity contribution >= 4 is 11.2 Å². The molecule has 13 heavy (non-hydrogen) atoms. The molecule has 0 atom stereocenters. The van der Waals surface area contributed by atoms with Crippen LogP contribution in [0.2, 0.25) is 0 Å². The van der Waals surface area contributed by atoms with E-state index in [-0.39, 0.29) is 0 Å². The van der Waals surface area contributed by atoms with E-state index >= 15 is 0 Å². The quantitative estimate of drug-likeness (QED) is 0.657. The molecule has 0 bridgehead atoms. The lowest BCUT2D eigenvalue weighted by Crippen LogP contribution is -1.97. The normalized spacial score (nSPS) is 11.7. The van der Waals surface area contributed by atoms with Gasteiger partial charge < -0.3 is 0 Å². The SMILES string of the molecule is Cc1c(CC(C)C)ccc2ooc12. The van der Waals surface area contributed by atoms with Crippen LogP contribution in [0, 0.1) is 12.8 Å². The molecule has 0 amide bonds. The fourth-order valence-corrected chi connectivity index (χ4v) is 1.59. The third kappa shape index (κ3) is 1.37. The molecule has 0 aliphatic heterocycles. The molecule has 0 saturated heterocycles. The van der Waals surface area contributed by atoms with Gasteiger partial charge in [-0.2, -0.15) is 0 Å². The Bertz CT molecular complexity index is 407. The first kappa shape index (κ1) is 8.42. The smallest absolute Gasteiger partial charge is 0.228 e. The van der Waals surface area contributed by atoms with Crippen molar-refractivity contribution in [3.05, 3.63) is 23.3 Å². The summed E-state index contributed by atoms with van der Waals surface area (Å²) in [5.74, 6) is 0.678. The predicted octanol–water partition coefficient (Wildman–Crippen LogP) is 3.53. The van der Waals surface area contributed by atoms with Crippen molar-refractivity contribution in [2.24, 2.45) is 5.92 Å². The maximum atomic E-state index is 4.93. The molecule has 2 nitrogen and oxygen atoms in total. The molecule has 0 saturated carbocycles. The van der Waals surface area contributed by atoms with Crippen molar-refractivity contribution < 1.29 is 9.15 Å². The Morgan fingerprint density at radius 2 is 2.00 bits per heavy atom. The Morgan fingerprint density at radius 3 is 2.54 bits per heavy atom. The van der Waals surface area contributed by atoms with Crippen LogP contribution in [-0.4, -0.2) is 0 Å². The van der Waals surface area contributed by atoms with E-state index in [9.17, 15) is 0 Å². The molecule has 0 aliphatic carbocycles. The van der Waals surface area contributed by atoms with Crippen molar-refractivity contribution in [2.45, 2.75) is 27.2 Å². The van der Waals surface area contributed by atoms with Gasteiger partial charge in [-0.3, -0.25) is 9.15 Å². The predicted molar refractivity (Wildman–Crippen MR) is 51.8 cm³/mol. The van der Waals surface area contributed by atoms with Gasteiger partial charge in [0.25, 0.3) is 0 Å². The summed E-state index contributed by atoms with van der Waals surface area (Å²) in [5.41, 5.74) is 4.36. The molecule has 0 unspecified atom stereocenters. The molecule has 2 heteroatoms. The van der Waals surface area contributed by atoms with Gasteiger partial charge in [-0.25, -0.2) is 0 Å². The van der Waals surface area contributed by atoms with Crippen molar-refractivity contribution in [2.75, 3.05) is 0 Å². The number of aryl methyl sites for hydroxylation is 1. The summed E-state index contributed by atoms with van der Waals surface area (Å²) in [5, 5.41) is 0. The van der Waals surface area contributed by atoms with Crippen LogP contribution in [0.5, 0.6) is 0 Å². The average Bonchev–Trinajstić information content (AvgIpc) is 1.97. The zero-order valence-electron chi connectivity index (χ0n) is 8.26. The van der Waals surface area contributed by atoms with Crippen LogP contribution in [0.25, 0.3) is 11.2 Å². The maximum Gasteiger partial charge on any atom is 0.228 e. The summed E-state index contributed by atoms with van der Waals surface area (Å²) in [6.07, 6.45) is 1.10. The van der Waals surface area contributed by atoms with E-state index in [1.807, 2.05) is 6.07 Å². The summed E-state index contributed by atoms with van der Waals surface area (Å²) in [6, 6.07) is 4.10. The molecular weight excluding hydrogens is 164 g/mol. The monoisotopic (exact) mass is 178 g/mol. The lowest BCUT2D eigenvalue weighted by Gasteiger charge is -2.10. The highest BCUT2D eigenvalue weighted by Crippen LogP contribution is 2.26. The van der Waals surface area contributed by atoms with Gasteiger partial charge in [-0.05, 0) is 30.9 Å². The Kier molecular flexibility index (Phi) is 1.91. The van der Waals surface area contributed by atoms with Gasteiger partial charge in [0.2, 0.25) is 11.2 Å². The molecule has 2 rings (SSSR count). The van der Waals surface area contributed by atoms with Crippen LogP contribution in [0.3, 0.4) is 0 Å². The second kappa shape index (κ2) is 2.95. The van der Waals surface area contributed by atoms with Crippen LogP contribution < -0.4 is 0 Å². The third-order valence-electron chi connectivity index (χ3n) is 2.32. The highest BCUT2D eigenvalue weighted by Gasteiger charge is 2.11. The molecule has 70 valence electrons. The maximum absolute atomic E-state index is 4.93. The van der Waals surface area contributed by atoms with Gasteiger partial charge in [-0.1, -0.05) is 19.9 Å². The Labute approximate surface area is 77.5 Å². The molecule has 2 aromatic rings. The minimum atomic E-state index is 0.678. The fourth-order valence-electron chi connectivity index (χ4n) is 1.59. The van der Waals surface area contributed by atoms with Crippen molar-refractivity contribution in [1.82, 2.24) is 0 Å². The molecule has 1 aromatic heterocycles. The highest BCUT2D eigenvalue weighted by molar-refractivity contribution is 5.75. The Balaban J connectivity index is 2.41. The molecule has 0 N–H and O–H groups in total. The van der Waals surface area contributed by atoms with E-state index in [1.165, 1.54) is 11.1 Å². The second-order valence-corrected chi connectivity index (χ2v) is 3.94. The van der Waals surface area contributed by atoms with E-state index in [0.717, 1.165) is 17.6 Å². The first-order chi connectivity index (χ1) is 6.18. The Morgan fingerprint density at radius 1 is 1.23 bits per heavy atom. The minimum absolute atomic E-state index is 0.678. The van der Waals surface area contributed by atoms with E-state index < -0.39 is 0 Å². The van der Waals surface area contributed by atoms with Crippen LogP contribution in [0.1, 0.15) is 25.0 Å². The largest absolute Gasteiger partial charge is 0.286 e. The number of hydrogen-bond acceptors (Lipinski definition) is 2. The van der Waals surface area contributed by atoms with Crippen LogP contribution in [0.15, 0.2) is 21.3 Å². The van der Waals surface area contributed by atoms with Crippen molar-refractivity contribution in [3.63, 3.8) is 0 Å². The first-order valence-electron chi connectivity index (χ1n) is 4.65. The van der Waals surface area contributed by atoms with Gasteiger partial charge in [0.15, 0.2) is 0 Å². The van der Waals surface area contributed by atoms with E-state index in [0.29, 0.717) is 5.92 Å². The second-order valence-electron chi connectivity index (χ2n) is 3.94. The summed E-state index contributed by atoms with van der Waals surface area (Å²) in [6.45, 7) is 6.52. The standard InChI is InChI=1S/C11H14O2/c1-7(2)6-9-4-5-10-11(8(9)3)13-12-10/h4-5,7H,6H2,1-3H3. The van der Waals surface area contributed by atoms with E-state index in [2.05, 4.69) is 26.8 Å². The van der Waals surface area contributed by atoms with Gasteiger partial charge in [0.05, 0.1) is 0 Å². The zero-order valence-corrected chi connectivity index (χ0v) is 8.26. The zero-order chi connectivity index (χ0) is 9.42. The number of benzene rings is 1. The Hall–Kier alpha value is -1.18. The third-order valence-corrected chi connectivity index (χ3v) is 2.32. The topological polar surface area (TPSA) is 26.3 Å². The van der Waals surface area contributed by atoms with E-state index in [1.54, 1.807) is 0 Å². The van der Waals surface area contributed by atoms with Gasteiger partial charge in [0.1, 0.15) is 0 Å². The van der Waals surface area contributed by atoms with Gasteiger partial charge >= 0.3 is 0 Å². The van der Waals surface area contributed by atoms with Crippen LogP contribution in [-0.2, 0) is 6.42 Å². The van der Waals surface area contributed by atoms with E-state index in [4.69, 9.17) is 9.15 Å². The molecular formula is C11H14O2. The highest BCUT2D eigenvalue weighted by atomic mass is 17.0. The average molecular weight is 178 g/mol. The van der Waals surface area contributed by atoms with Crippen LogP contribution >= 0.6 is 0 Å². The lowest BCUT2D eigenvalue weighted by molar-refractivity contribution is 0.0582. The number of fused-ring (bicyclic) bond motifs is 1. The molecule has 0 spiro atoms. The number of hydrogen-bond donors (Lipinski definition) is 0. The van der Waals surface area contributed by atoms with Crippen molar-refractivity contribution in [3.8, 4) is 0 Å². The first-order valence-corrected chi connectivity index (χ1v) is 4.65. The van der Waals surface area contributed by atoms with Gasteiger partial charge in [-0.15, -0.1) is 0 Å². The molecule has 0 fully saturated rings. The lowest BCUT2D eigenvalue weighted by atomic mass is 9.98. The summed E-state index contributed by atoms with van der Waals surface area (Å²) in [4.78, 5) is 0. The van der Waals surface area contributed by atoms with Gasteiger partial charge in [0, 0.05) is 5.56 Å².